The maximum Gasteiger partial charge on any atom is 0.252 e. The zero-order valence-corrected chi connectivity index (χ0v) is 44.1. The van der Waals surface area contributed by atoms with E-state index in [9.17, 15) is 0 Å². The summed E-state index contributed by atoms with van der Waals surface area (Å²) in [6, 6.07) is 40.2. The summed E-state index contributed by atoms with van der Waals surface area (Å²) in [4.78, 5) is 10.4. The number of hydrogen-bond acceptors (Lipinski definition) is 4. The summed E-state index contributed by atoms with van der Waals surface area (Å²) >= 11 is 0. The first-order valence-corrected chi connectivity index (χ1v) is 24.6. The topological polar surface area (TPSA) is 32.5 Å². The first-order chi connectivity index (χ1) is 30.9. The molecule has 0 spiro atoms. The third kappa shape index (κ3) is 8.33. The molecule has 3 heterocycles. The van der Waals surface area contributed by atoms with Crippen molar-refractivity contribution in [2.75, 3.05) is 9.80 Å². The van der Waals surface area contributed by atoms with E-state index in [2.05, 4.69) is 244 Å². The molecular formula is C62H74BN3O. The van der Waals surface area contributed by atoms with Crippen molar-refractivity contribution in [2.24, 2.45) is 0 Å². The molecule has 9 rings (SSSR count). The average molecular weight is 888 g/mol. The molecule has 4 nitrogen and oxygen atoms in total. The number of rotatable bonds is 3. The molecule has 0 saturated heterocycles. The molecule has 0 amide bonds. The van der Waals surface area contributed by atoms with Crippen molar-refractivity contribution in [1.82, 2.24) is 4.98 Å². The van der Waals surface area contributed by atoms with E-state index in [-0.39, 0.29) is 39.2 Å². The van der Waals surface area contributed by atoms with Crippen LogP contribution in [-0.2, 0) is 32.5 Å². The number of anilines is 6. The number of benzene rings is 6. The summed E-state index contributed by atoms with van der Waals surface area (Å²) in [6.07, 6.45) is 0. The minimum absolute atomic E-state index is 0.0478. The van der Waals surface area contributed by atoms with Gasteiger partial charge in [0.2, 0.25) is 5.89 Å². The highest BCUT2D eigenvalue weighted by Gasteiger charge is 2.45. The standard InChI is InChI=1S/C62H74BN3O/c1-37-26-52-55-53(27-37)66(46-32-43(61(14,15)16)29-44(33-46)62(17,18)19)51-36-49-54(67-56(64-49)38-20-22-39(23-21-38)57(2,3)4)35-48(51)63(55)47-34-40(58(5,6)7)24-25-50(47)65(52)45-30-41(59(8,9)10)28-42(31-45)60(11,12)13/h20-36H,1-19H3. The highest BCUT2D eigenvalue weighted by molar-refractivity contribution is 7.00. The quantitative estimate of drug-likeness (QED) is 0.166. The van der Waals surface area contributed by atoms with Gasteiger partial charge < -0.3 is 14.2 Å². The molecule has 0 saturated carbocycles. The van der Waals surface area contributed by atoms with Gasteiger partial charge in [-0.3, -0.25) is 0 Å². The van der Waals surface area contributed by atoms with Gasteiger partial charge in [0.05, 0.1) is 0 Å². The van der Waals surface area contributed by atoms with Gasteiger partial charge in [-0.25, -0.2) is 4.98 Å². The SMILES string of the molecule is Cc1cc2c3c(c1)N(c1cc(C(C)(C)C)cc(C(C)(C)C)c1)c1cc4nc(-c5ccc(C(C)(C)C)cc5)oc4cc1B3c1cc(C(C)(C)C)ccc1N2c1cc(C(C)(C)C)cc(C(C)(C)C)c1. The fourth-order valence-corrected chi connectivity index (χ4v) is 10.0. The molecule has 5 heteroatoms. The van der Waals surface area contributed by atoms with E-state index in [0.29, 0.717) is 5.89 Å². The van der Waals surface area contributed by atoms with E-state index in [4.69, 9.17) is 9.40 Å². The lowest BCUT2D eigenvalue weighted by Gasteiger charge is -2.45. The normalized spacial score (nSPS) is 14.4. The largest absolute Gasteiger partial charge is 0.436 e. The Hall–Kier alpha value is -5.55. The second-order valence-electron chi connectivity index (χ2n) is 26.1. The maximum absolute atomic E-state index is 6.87. The van der Waals surface area contributed by atoms with Crippen LogP contribution in [0.25, 0.3) is 22.6 Å². The number of hydrogen-bond donors (Lipinski definition) is 0. The Morgan fingerprint density at radius 2 is 0.821 bits per heavy atom. The van der Waals surface area contributed by atoms with Crippen molar-refractivity contribution >= 4 is 68.3 Å². The Bertz CT molecular complexity index is 3020. The first-order valence-electron chi connectivity index (χ1n) is 24.6. The Kier molecular flexibility index (Phi) is 10.6. The number of fused-ring (bicyclic) bond motifs is 5. The van der Waals surface area contributed by atoms with Crippen molar-refractivity contribution in [3.05, 3.63) is 142 Å². The molecule has 0 fully saturated rings. The highest BCUT2D eigenvalue weighted by Crippen LogP contribution is 2.48. The van der Waals surface area contributed by atoms with Gasteiger partial charge in [0.15, 0.2) is 5.58 Å². The van der Waals surface area contributed by atoms with Gasteiger partial charge in [-0.2, -0.15) is 0 Å². The average Bonchev–Trinajstić information content (AvgIpc) is 3.63. The van der Waals surface area contributed by atoms with Gasteiger partial charge in [0.25, 0.3) is 6.71 Å². The second kappa shape index (κ2) is 15.2. The van der Waals surface area contributed by atoms with Gasteiger partial charge >= 0.3 is 0 Å². The van der Waals surface area contributed by atoms with Crippen LogP contribution in [0.1, 0.15) is 164 Å². The molecular weight excluding hydrogens is 814 g/mol. The summed E-state index contributed by atoms with van der Waals surface area (Å²) < 4.78 is 6.87. The molecule has 0 N–H and O–H groups in total. The predicted octanol–water partition coefficient (Wildman–Crippen LogP) is 15.7. The molecule has 7 aromatic rings. The van der Waals surface area contributed by atoms with Gasteiger partial charge in [0.1, 0.15) is 5.52 Å². The first kappa shape index (κ1) is 46.6. The van der Waals surface area contributed by atoms with Crippen LogP contribution in [0.3, 0.4) is 0 Å². The van der Waals surface area contributed by atoms with Crippen LogP contribution in [0.2, 0.25) is 0 Å². The lowest BCUT2D eigenvalue weighted by Crippen LogP contribution is -2.61. The van der Waals surface area contributed by atoms with Crippen LogP contribution in [0.5, 0.6) is 0 Å². The fourth-order valence-electron chi connectivity index (χ4n) is 10.0. The van der Waals surface area contributed by atoms with Crippen LogP contribution in [0, 0.1) is 6.92 Å². The Balaban J connectivity index is 1.40. The number of nitrogens with zero attached hydrogens (tertiary/aromatic N) is 3. The molecule has 346 valence electrons. The molecule has 0 unspecified atom stereocenters. The monoisotopic (exact) mass is 888 g/mol. The Morgan fingerprint density at radius 1 is 0.403 bits per heavy atom. The van der Waals surface area contributed by atoms with E-state index in [1.54, 1.807) is 0 Å². The van der Waals surface area contributed by atoms with E-state index in [0.717, 1.165) is 28.0 Å². The fraction of sp³-hybridized carbons (Fsp3) is 0.403. The smallest absolute Gasteiger partial charge is 0.252 e. The molecule has 0 atom stereocenters. The summed E-state index contributed by atoms with van der Waals surface area (Å²) in [5.74, 6) is 0.641. The number of oxazole rings is 1. The zero-order valence-electron chi connectivity index (χ0n) is 44.1. The second-order valence-corrected chi connectivity index (χ2v) is 26.1. The van der Waals surface area contributed by atoms with Gasteiger partial charge in [-0.05, 0) is 161 Å². The Morgan fingerprint density at radius 3 is 1.27 bits per heavy atom. The van der Waals surface area contributed by atoms with Crippen molar-refractivity contribution < 1.29 is 4.42 Å². The zero-order chi connectivity index (χ0) is 48.7. The molecule has 67 heavy (non-hydrogen) atoms. The van der Waals surface area contributed by atoms with Crippen molar-refractivity contribution in [1.29, 1.82) is 0 Å². The van der Waals surface area contributed by atoms with E-state index in [1.165, 1.54) is 78.1 Å². The summed E-state index contributed by atoms with van der Waals surface area (Å²) in [5.41, 5.74) is 22.5. The molecule has 0 radical (unpaired) electrons. The molecule has 0 bridgehead atoms. The van der Waals surface area contributed by atoms with Crippen molar-refractivity contribution in [3.63, 3.8) is 0 Å². The number of aryl methyl sites for hydroxylation is 1. The van der Waals surface area contributed by atoms with E-state index >= 15 is 0 Å². The minimum atomic E-state index is -0.0739. The van der Waals surface area contributed by atoms with Crippen LogP contribution >= 0.6 is 0 Å². The van der Waals surface area contributed by atoms with Gasteiger partial charge in [-0.15, -0.1) is 0 Å². The summed E-state index contributed by atoms with van der Waals surface area (Å²) in [7, 11) is 0. The minimum Gasteiger partial charge on any atom is -0.436 e. The van der Waals surface area contributed by atoms with Crippen molar-refractivity contribution in [2.45, 2.75) is 164 Å². The third-order valence-corrected chi connectivity index (χ3v) is 14.4. The molecule has 2 aliphatic heterocycles. The van der Waals surface area contributed by atoms with Crippen LogP contribution in [-0.4, -0.2) is 11.7 Å². The van der Waals surface area contributed by atoms with E-state index < -0.39 is 0 Å². The molecule has 1 aromatic heterocycles. The Labute approximate surface area is 403 Å². The number of aromatic nitrogens is 1. The predicted molar refractivity (Wildman–Crippen MR) is 290 cm³/mol. The maximum atomic E-state index is 6.87. The summed E-state index contributed by atoms with van der Waals surface area (Å²) in [5, 5.41) is 0. The van der Waals surface area contributed by atoms with Crippen molar-refractivity contribution in [3.8, 4) is 11.5 Å². The third-order valence-electron chi connectivity index (χ3n) is 14.4. The van der Waals surface area contributed by atoms with Gasteiger partial charge in [-0.1, -0.05) is 161 Å². The van der Waals surface area contributed by atoms with E-state index in [1.807, 2.05) is 0 Å². The molecule has 6 aromatic carbocycles. The molecule has 0 aliphatic carbocycles. The van der Waals surface area contributed by atoms with Crippen LogP contribution in [0.15, 0.2) is 108 Å². The van der Waals surface area contributed by atoms with Crippen LogP contribution in [0.4, 0.5) is 34.1 Å². The lowest BCUT2D eigenvalue weighted by atomic mass is 9.33. The molecule has 2 aliphatic rings. The van der Waals surface area contributed by atoms with Crippen LogP contribution < -0.4 is 26.2 Å². The summed E-state index contributed by atoms with van der Waals surface area (Å²) in [6.45, 7) is 44.0. The highest BCUT2D eigenvalue weighted by atomic mass is 16.3. The lowest BCUT2D eigenvalue weighted by molar-refractivity contribution is 0.568. The van der Waals surface area contributed by atoms with Gasteiger partial charge in [0, 0.05) is 39.7 Å².